The zero-order valence-corrected chi connectivity index (χ0v) is 15.7. The average molecular weight is 412 g/mol. The smallest absolute Gasteiger partial charge is 0.406 e. The van der Waals surface area contributed by atoms with Gasteiger partial charge >= 0.3 is 6.18 Å². The first-order chi connectivity index (χ1) is 13.6. The fraction of sp³-hybridized carbons (Fsp3) is 0.316. The van der Waals surface area contributed by atoms with Crippen LogP contribution in [0.1, 0.15) is 11.1 Å². The van der Waals surface area contributed by atoms with Crippen LogP contribution in [0, 0.1) is 10.1 Å². The molecule has 0 aliphatic carbocycles. The van der Waals surface area contributed by atoms with Crippen molar-refractivity contribution in [3.63, 3.8) is 0 Å². The van der Waals surface area contributed by atoms with Gasteiger partial charge in [-0.3, -0.25) is 14.9 Å². The number of alkyl halides is 3. The molecular weight excluding hydrogens is 393 g/mol. The normalized spacial score (nSPS) is 11.1. The number of amides is 1. The summed E-state index contributed by atoms with van der Waals surface area (Å²) in [4.78, 5) is 23.6. The molecule has 2 rings (SSSR count). The van der Waals surface area contributed by atoms with Gasteiger partial charge in [0.1, 0.15) is 6.54 Å². The van der Waals surface area contributed by atoms with Crippen LogP contribution in [0.25, 0.3) is 0 Å². The Morgan fingerprint density at radius 1 is 1.10 bits per heavy atom. The lowest BCUT2D eigenvalue weighted by Gasteiger charge is -2.24. The molecule has 29 heavy (non-hydrogen) atoms. The van der Waals surface area contributed by atoms with Crippen molar-refractivity contribution in [3.8, 4) is 11.5 Å². The van der Waals surface area contributed by atoms with E-state index < -0.39 is 30.1 Å². The van der Waals surface area contributed by atoms with Crippen LogP contribution in [0.3, 0.4) is 0 Å². The number of methoxy groups -OCH3 is 2. The molecule has 0 spiro atoms. The Kier molecular flexibility index (Phi) is 7.03. The fourth-order valence-corrected chi connectivity index (χ4v) is 2.75. The van der Waals surface area contributed by atoms with Crippen LogP contribution in [0.5, 0.6) is 11.5 Å². The third kappa shape index (κ3) is 6.09. The number of carbonyl (C=O) groups excluding carboxylic acids is 1. The molecule has 2 aromatic rings. The zero-order chi connectivity index (χ0) is 21.6. The van der Waals surface area contributed by atoms with Crippen molar-refractivity contribution in [2.45, 2.75) is 19.1 Å². The lowest BCUT2D eigenvalue weighted by Crippen LogP contribution is -2.39. The molecule has 0 N–H and O–H groups in total. The van der Waals surface area contributed by atoms with E-state index in [0.717, 1.165) is 0 Å². The van der Waals surface area contributed by atoms with Crippen molar-refractivity contribution >= 4 is 11.6 Å². The Hall–Kier alpha value is -3.30. The number of halogens is 3. The van der Waals surface area contributed by atoms with E-state index in [1.54, 1.807) is 0 Å². The summed E-state index contributed by atoms with van der Waals surface area (Å²) in [5, 5.41) is 11.1. The highest BCUT2D eigenvalue weighted by Gasteiger charge is 2.34. The summed E-state index contributed by atoms with van der Waals surface area (Å²) >= 11 is 0. The Balaban J connectivity index is 2.28. The summed E-state index contributed by atoms with van der Waals surface area (Å²) in [6.45, 7) is -2.06. The molecule has 7 nitrogen and oxygen atoms in total. The second-order valence-corrected chi connectivity index (χ2v) is 6.12. The van der Waals surface area contributed by atoms with E-state index in [2.05, 4.69) is 0 Å². The van der Waals surface area contributed by atoms with E-state index in [1.807, 2.05) is 0 Å². The molecule has 0 aliphatic heterocycles. The summed E-state index contributed by atoms with van der Waals surface area (Å²) in [7, 11) is 2.83. The van der Waals surface area contributed by atoms with E-state index in [0.29, 0.717) is 22.0 Å². The molecule has 1 amide bonds. The molecule has 0 fully saturated rings. The maximum atomic E-state index is 13.0. The fourth-order valence-electron chi connectivity index (χ4n) is 2.75. The number of carbonyl (C=O) groups is 1. The lowest BCUT2D eigenvalue weighted by atomic mass is 10.1. The highest BCUT2D eigenvalue weighted by molar-refractivity contribution is 5.79. The quantitative estimate of drug-likeness (QED) is 0.487. The third-order valence-electron chi connectivity index (χ3n) is 4.08. The van der Waals surface area contributed by atoms with Gasteiger partial charge in [-0.15, -0.1) is 0 Å². The number of benzene rings is 2. The Labute approximate surface area is 164 Å². The molecular formula is C19H19F3N2O5. The summed E-state index contributed by atoms with van der Waals surface area (Å²) in [5.41, 5.74) is 0.0865. The van der Waals surface area contributed by atoms with Crippen LogP contribution in [-0.2, 0) is 17.8 Å². The predicted octanol–water partition coefficient (Wildman–Crippen LogP) is 3.75. The van der Waals surface area contributed by atoms with Crippen molar-refractivity contribution in [1.82, 2.24) is 4.90 Å². The highest BCUT2D eigenvalue weighted by Crippen LogP contribution is 2.28. The van der Waals surface area contributed by atoms with Crippen LogP contribution in [0.15, 0.2) is 42.5 Å². The number of rotatable bonds is 8. The van der Waals surface area contributed by atoms with Gasteiger partial charge in [-0.05, 0) is 17.7 Å². The number of nitro groups is 1. The highest BCUT2D eigenvalue weighted by atomic mass is 19.4. The molecule has 156 valence electrons. The van der Waals surface area contributed by atoms with Crippen molar-refractivity contribution in [1.29, 1.82) is 0 Å². The van der Waals surface area contributed by atoms with Crippen LogP contribution >= 0.6 is 0 Å². The van der Waals surface area contributed by atoms with Crippen LogP contribution in [0.2, 0.25) is 0 Å². The molecule has 10 heteroatoms. The SMILES string of the molecule is COc1ccc(CC(=O)N(Cc2ccccc2[N+](=O)[O-])CC(F)(F)F)cc1OC. The van der Waals surface area contributed by atoms with Crippen LogP contribution in [-0.4, -0.2) is 42.7 Å². The third-order valence-corrected chi connectivity index (χ3v) is 4.08. The van der Waals surface area contributed by atoms with E-state index in [1.165, 1.54) is 56.7 Å². The van der Waals surface area contributed by atoms with Crippen molar-refractivity contribution in [2.75, 3.05) is 20.8 Å². The molecule has 0 radical (unpaired) electrons. The standard InChI is InChI=1S/C19H19F3N2O5/c1-28-16-8-7-13(9-17(16)29-2)10-18(25)23(12-19(20,21)22)11-14-5-3-4-6-15(14)24(26)27/h3-9H,10-12H2,1-2H3. The minimum absolute atomic E-state index is 0.0161. The van der Waals surface area contributed by atoms with Gasteiger partial charge in [0.15, 0.2) is 11.5 Å². The Morgan fingerprint density at radius 3 is 2.34 bits per heavy atom. The van der Waals surface area contributed by atoms with Crippen molar-refractivity contribution < 1.29 is 32.4 Å². The van der Waals surface area contributed by atoms with Crippen molar-refractivity contribution in [3.05, 3.63) is 63.7 Å². The number of nitro benzene ring substituents is 1. The first-order valence-electron chi connectivity index (χ1n) is 8.42. The molecule has 0 saturated carbocycles. The average Bonchev–Trinajstić information content (AvgIpc) is 2.66. The number of hydrogen-bond donors (Lipinski definition) is 0. The number of hydrogen-bond acceptors (Lipinski definition) is 5. The summed E-state index contributed by atoms with van der Waals surface area (Å²) in [6.07, 6.45) is -4.99. The summed E-state index contributed by atoms with van der Waals surface area (Å²) < 4.78 is 49.3. The zero-order valence-electron chi connectivity index (χ0n) is 15.7. The van der Waals surface area contributed by atoms with Crippen LogP contribution < -0.4 is 9.47 Å². The van der Waals surface area contributed by atoms with Gasteiger partial charge in [-0.25, -0.2) is 0 Å². The summed E-state index contributed by atoms with van der Waals surface area (Å²) in [6, 6.07) is 9.94. The van der Waals surface area contributed by atoms with Gasteiger partial charge in [-0.1, -0.05) is 24.3 Å². The maximum absolute atomic E-state index is 13.0. The Bertz CT molecular complexity index is 886. The van der Waals surface area contributed by atoms with Gasteiger partial charge in [0.05, 0.1) is 32.1 Å². The molecule has 2 aromatic carbocycles. The molecule has 0 bridgehead atoms. The van der Waals surface area contributed by atoms with Gasteiger partial charge in [0, 0.05) is 11.6 Å². The minimum atomic E-state index is -4.66. The molecule has 0 heterocycles. The first kappa shape index (κ1) is 22.0. The lowest BCUT2D eigenvalue weighted by molar-refractivity contribution is -0.385. The Morgan fingerprint density at radius 2 is 1.76 bits per heavy atom. The van der Waals surface area contributed by atoms with E-state index in [9.17, 15) is 28.1 Å². The first-order valence-corrected chi connectivity index (χ1v) is 8.42. The monoisotopic (exact) mass is 412 g/mol. The van der Waals surface area contributed by atoms with Crippen molar-refractivity contribution in [2.24, 2.45) is 0 Å². The van der Waals surface area contributed by atoms with Gasteiger partial charge in [0.2, 0.25) is 5.91 Å². The molecule has 0 aromatic heterocycles. The second kappa shape index (κ2) is 9.26. The summed E-state index contributed by atoms with van der Waals surface area (Å²) in [5.74, 6) is -0.0812. The van der Waals surface area contributed by atoms with E-state index in [4.69, 9.17) is 9.47 Å². The predicted molar refractivity (Wildman–Crippen MR) is 97.8 cm³/mol. The van der Waals surface area contributed by atoms with Gasteiger partial charge in [-0.2, -0.15) is 13.2 Å². The number of ether oxygens (including phenoxy) is 2. The second-order valence-electron chi connectivity index (χ2n) is 6.12. The van der Waals surface area contributed by atoms with E-state index in [-0.39, 0.29) is 17.7 Å². The van der Waals surface area contributed by atoms with Crippen LogP contribution in [0.4, 0.5) is 18.9 Å². The molecule has 0 aliphatic rings. The minimum Gasteiger partial charge on any atom is -0.493 e. The van der Waals surface area contributed by atoms with Gasteiger partial charge < -0.3 is 14.4 Å². The largest absolute Gasteiger partial charge is 0.493 e. The topological polar surface area (TPSA) is 81.9 Å². The van der Waals surface area contributed by atoms with E-state index >= 15 is 0 Å². The number of nitrogens with zero attached hydrogens (tertiary/aromatic N) is 2. The van der Waals surface area contributed by atoms with Gasteiger partial charge in [0.25, 0.3) is 5.69 Å². The molecule has 0 atom stereocenters. The molecule has 0 unspecified atom stereocenters. The number of para-hydroxylation sites is 1. The molecule has 0 saturated heterocycles. The maximum Gasteiger partial charge on any atom is 0.406 e.